The van der Waals surface area contributed by atoms with Gasteiger partial charge in [-0.1, -0.05) is 30.3 Å². The fourth-order valence-corrected chi connectivity index (χ4v) is 2.55. The van der Waals surface area contributed by atoms with E-state index < -0.39 is 6.04 Å². The molecule has 0 aliphatic heterocycles. The molecule has 0 saturated heterocycles. The topological polar surface area (TPSA) is 58.4 Å². The van der Waals surface area contributed by atoms with Crippen LogP contribution in [-0.4, -0.2) is 43.5 Å². The summed E-state index contributed by atoms with van der Waals surface area (Å²) >= 11 is 0. The van der Waals surface area contributed by atoms with Crippen LogP contribution in [0.1, 0.15) is 18.4 Å². The Hall–Kier alpha value is -0.810. The summed E-state index contributed by atoms with van der Waals surface area (Å²) in [5.41, 5.74) is 7.08. The molecule has 6 heteroatoms. The maximum absolute atomic E-state index is 12.1. The second-order valence-electron chi connectivity index (χ2n) is 5.91. The SMILES string of the molecule is CN(C)C(CNC(=O)C(N)Cc1ccccc1)C1CC1.Cl.Cl. The van der Waals surface area contributed by atoms with Crippen LogP contribution in [-0.2, 0) is 11.2 Å². The minimum Gasteiger partial charge on any atom is -0.353 e. The van der Waals surface area contributed by atoms with Gasteiger partial charge in [0, 0.05) is 12.6 Å². The second kappa shape index (κ2) is 10.1. The number of hydrogen-bond donors (Lipinski definition) is 2. The highest BCUT2D eigenvalue weighted by Crippen LogP contribution is 2.34. The van der Waals surface area contributed by atoms with Crippen molar-refractivity contribution in [2.24, 2.45) is 11.7 Å². The average molecular weight is 348 g/mol. The van der Waals surface area contributed by atoms with Crippen LogP contribution in [0.5, 0.6) is 0 Å². The molecule has 0 heterocycles. The zero-order chi connectivity index (χ0) is 14.5. The van der Waals surface area contributed by atoms with Gasteiger partial charge in [0.1, 0.15) is 0 Å². The molecule has 1 amide bonds. The summed E-state index contributed by atoms with van der Waals surface area (Å²) in [6.07, 6.45) is 3.13. The van der Waals surface area contributed by atoms with Crippen LogP contribution >= 0.6 is 24.8 Å². The summed E-state index contributed by atoms with van der Waals surface area (Å²) in [6.45, 7) is 0.693. The first-order chi connectivity index (χ1) is 9.58. The minimum absolute atomic E-state index is 0. The molecule has 0 bridgehead atoms. The minimum atomic E-state index is -0.473. The van der Waals surface area contributed by atoms with E-state index in [1.165, 1.54) is 12.8 Å². The third-order valence-electron chi connectivity index (χ3n) is 3.95. The maximum atomic E-state index is 12.1. The van der Waals surface area contributed by atoms with Gasteiger partial charge in [0.25, 0.3) is 0 Å². The van der Waals surface area contributed by atoms with Crippen LogP contribution < -0.4 is 11.1 Å². The Morgan fingerprint density at radius 1 is 1.27 bits per heavy atom. The molecule has 126 valence electrons. The number of rotatable bonds is 7. The predicted molar refractivity (Wildman–Crippen MR) is 95.8 cm³/mol. The van der Waals surface area contributed by atoms with Crippen LogP contribution in [0.2, 0.25) is 0 Å². The Morgan fingerprint density at radius 2 is 1.86 bits per heavy atom. The van der Waals surface area contributed by atoms with Crippen molar-refractivity contribution in [3.8, 4) is 0 Å². The Labute approximate surface area is 145 Å². The molecule has 1 aliphatic carbocycles. The molecule has 0 radical (unpaired) electrons. The van der Waals surface area contributed by atoms with Crippen molar-refractivity contribution < 1.29 is 4.79 Å². The van der Waals surface area contributed by atoms with Gasteiger partial charge in [-0.15, -0.1) is 24.8 Å². The third kappa shape index (κ3) is 6.53. The van der Waals surface area contributed by atoms with Gasteiger partial charge in [-0.25, -0.2) is 0 Å². The first kappa shape index (κ1) is 21.2. The van der Waals surface area contributed by atoms with Crippen molar-refractivity contribution in [3.63, 3.8) is 0 Å². The normalized spacial score (nSPS) is 16.2. The lowest BCUT2D eigenvalue weighted by Gasteiger charge is -2.25. The molecule has 0 aromatic heterocycles. The number of nitrogens with two attached hydrogens (primary N) is 1. The number of likely N-dealkylation sites (N-methyl/N-ethyl adjacent to an activating group) is 1. The number of carbonyl (C=O) groups is 1. The Kier molecular flexibility index (Phi) is 9.69. The summed E-state index contributed by atoms with van der Waals surface area (Å²) in [7, 11) is 4.14. The average Bonchev–Trinajstić information content (AvgIpc) is 3.24. The first-order valence-electron chi connectivity index (χ1n) is 7.31. The van der Waals surface area contributed by atoms with Gasteiger partial charge in [0.05, 0.1) is 6.04 Å². The summed E-state index contributed by atoms with van der Waals surface area (Å²) < 4.78 is 0. The number of nitrogens with zero attached hydrogens (tertiary/aromatic N) is 1. The second-order valence-corrected chi connectivity index (χ2v) is 5.91. The van der Waals surface area contributed by atoms with Crippen molar-refractivity contribution in [3.05, 3.63) is 35.9 Å². The predicted octanol–water partition coefficient (Wildman–Crippen LogP) is 1.86. The van der Waals surface area contributed by atoms with Crippen molar-refractivity contribution in [1.82, 2.24) is 10.2 Å². The van der Waals surface area contributed by atoms with E-state index in [1.807, 2.05) is 30.3 Å². The lowest BCUT2D eigenvalue weighted by atomic mass is 10.1. The fraction of sp³-hybridized carbons (Fsp3) is 0.562. The van der Waals surface area contributed by atoms with E-state index in [0.717, 1.165) is 11.5 Å². The van der Waals surface area contributed by atoms with E-state index in [4.69, 9.17) is 5.73 Å². The van der Waals surface area contributed by atoms with E-state index in [1.54, 1.807) is 0 Å². The Bertz CT molecular complexity index is 436. The molecule has 1 saturated carbocycles. The summed E-state index contributed by atoms with van der Waals surface area (Å²) in [5, 5.41) is 3.00. The molecule has 22 heavy (non-hydrogen) atoms. The Balaban J connectivity index is 0.00000220. The highest BCUT2D eigenvalue weighted by molar-refractivity contribution is 5.85. The van der Waals surface area contributed by atoms with Gasteiger partial charge < -0.3 is 16.0 Å². The van der Waals surface area contributed by atoms with Crippen LogP contribution in [0.15, 0.2) is 30.3 Å². The van der Waals surface area contributed by atoms with Crippen molar-refractivity contribution in [2.45, 2.75) is 31.3 Å². The number of halogens is 2. The van der Waals surface area contributed by atoms with Crippen LogP contribution in [0.4, 0.5) is 0 Å². The Morgan fingerprint density at radius 3 is 2.36 bits per heavy atom. The molecule has 3 N–H and O–H groups in total. The number of amides is 1. The molecular weight excluding hydrogens is 321 g/mol. The van der Waals surface area contributed by atoms with E-state index in [0.29, 0.717) is 19.0 Å². The zero-order valence-electron chi connectivity index (χ0n) is 13.2. The van der Waals surface area contributed by atoms with Gasteiger partial charge in [0.15, 0.2) is 0 Å². The van der Waals surface area contributed by atoms with E-state index in [-0.39, 0.29) is 30.7 Å². The van der Waals surface area contributed by atoms with E-state index in [2.05, 4.69) is 24.3 Å². The monoisotopic (exact) mass is 347 g/mol. The van der Waals surface area contributed by atoms with Gasteiger partial charge in [-0.05, 0) is 44.8 Å². The lowest BCUT2D eigenvalue weighted by Crippen LogP contribution is -2.47. The van der Waals surface area contributed by atoms with Crippen LogP contribution in [0, 0.1) is 5.92 Å². The third-order valence-corrected chi connectivity index (χ3v) is 3.95. The number of hydrogen-bond acceptors (Lipinski definition) is 3. The fourth-order valence-electron chi connectivity index (χ4n) is 2.55. The molecule has 1 fully saturated rings. The van der Waals surface area contributed by atoms with E-state index in [9.17, 15) is 4.79 Å². The first-order valence-corrected chi connectivity index (χ1v) is 7.31. The maximum Gasteiger partial charge on any atom is 0.237 e. The molecule has 1 aromatic rings. The van der Waals surface area contributed by atoms with E-state index >= 15 is 0 Å². The number of carbonyl (C=O) groups excluding carboxylic acids is 1. The van der Waals surface area contributed by atoms with Crippen LogP contribution in [0.3, 0.4) is 0 Å². The molecule has 0 spiro atoms. The summed E-state index contributed by atoms with van der Waals surface area (Å²) in [6, 6.07) is 9.86. The lowest BCUT2D eigenvalue weighted by molar-refractivity contribution is -0.122. The highest BCUT2D eigenvalue weighted by Gasteiger charge is 2.32. The van der Waals surface area contributed by atoms with Gasteiger partial charge >= 0.3 is 0 Å². The molecular formula is C16H27Cl2N3O. The standard InChI is InChI=1S/C16H25N3O.2ClH/c1-19(2)15(13-8-9-13)11-18-16(20)14(17)10-12-6-4-3-5-7-12;;/h3-7,13-15H,8-11,17H2,1-2H3,(H,18,20);2*1H. The van der Waals surface area contributed by atoms with Crippen molar-refractivity contribution in [2.75, 3.05) is 20.6 Å². The molecule has 1 aliphatic rings. The highest BCUT2D eigenvalue weighted by atomic mass is 35.5. The smallest absolute Gasteiger partial charge is 0.237 e. The molecule has 2 rings (SSSR count). The summed E-state index contributed by atoms with van der Waals surface area (Å²) in [4.78, 5) is 14.3. The number of nitrogens with one attached hydrogen (secondary N) is 1. The molecule has 2 unspecified atom stereocenters. The molecule has 1 aromatic carbocycles. The van der Waals surface area contributed by atoms with Crippen molar-refractivity contribution in [1.29, 1.82) is 0 Å². The largest absolute Gasteiger partial charge is 0.353 e. The molecule has 2 atom stereocenters. The summed E-state index contributed by atoms with van der Waals surface area (Å²) in [5.74, 6) is 0.678. The van der Waals surface area contributed by atoms with Crippen LogP contribution in [0.25, 0.3) is 0 Å². The molecule has 4 nitrogen and oxygen atoms in total. The van der Waals surface area contributed by atoms with Gasteiger partial charge in [0.2, 0.25) is 5.91 Å². The van der Waals surface area contributed by atoms with Crippen molar-refractivity contribution >= 4 is 30.7 Å². The zero-order valence-corrected chi connectivity index (χ0v) is 14.8. The van der Waals surface area contributed by atoms with Gasteiger partial charge in [-0.2, -0.15) is 0 Å². The number of benzene rings is 1. The quantitative estimate of drug-likeness (QED) is 0.791. The van der Waals surface area contributed by atoms with Gasteiger partial charge in [-0.3, -0.25) is 4.79 Å².